The van der Waals surface area contributed by atoms with Crippen LogP contribution in [0.3, 0.4) is 0 Å². The van der Waals surface area contributed by atoms with E-state index in [9.17, 15) is 13.2 Å². The predicted octanol–water partition coefficient (Wildman–Crippen LogP) is 5.35. The highest BCUT2D eigenvalue weighted by atomic mass is 35.5. The summed E-state index contributed by atoms with van der Waals surface area (Å²) in [6.45, 7) is 2.05. The number of nitrogens with zero attached hydrogens (tertiary/aromatic N) is 4. The molecule has 0 spiro atoms. The van der Waals surface area contributed by atoms with E-state index in [0.717, 1.165) is 21.0 Å². The maximum atomic E-state index is 13.0. The van der Waals surface area contributed by atoms with Crippen molar-refractivity contribution in [3.8, 4) is 26.7 Å². The smallest absolute Gasteiger partial charge is 0.272 e. The first-order chi connectivity index (χ1) is 18.2. The highest BCUT2D eigenvalue weighted by molar-refractivity contribution is 7.90. The van der Waals surface area contributed by atoms with Crippen molar-refractivity contribution in [2.45, 2.75) is 18.4 Å². The second-order valence-electron chi connectivity index (χ2n) is 8.57. The van der Waals surface area contributed by atoms with Crippen LogP contribution in [0.15, 0.2) is 84.0 Å². The minimum Gasteiger partial charge on any atom is -0.345 e. The maximum absolute atomic E-state index is 13.0. The lowest BCUT2D eigenvalue weighted by molar-refractivity contribution is 0.0945. The fourth-order valence-electron chi connectivity index (χ4n) is 3.76. The summed E-state index contributed by atoms with van der Waals surface area (Å²) < 4.78 is 25.7. The molecular weight excluding hydrogens is 542 g/mol. The molecule has 38 heavy (non-hydrogen) atoms. The highest BCUT2D eigenvalue weighted by Crippen LogP contribution is 2.37. The number of nitrogens with one attached hydrogen (secondary N) is 1. The first-order valence-electron chi connectivity index (χ1n) is 11.5. The van der Waals surface area contributed by atoms with Crippen LogP contribution in [-0.2, 0) is 16.4 Å². The Hall–Kier alpha value is -3.86. The molecule has 8 nitrogen and oxygen atoms in total. The summed E-state index contributed by atoms with van der Waals surface area (Å²) in [6, 6.07) is 19.6. The molecule has 0 fully saturated rings. The van der Waals surface area contributed by atoms with E-state index in [1.54, 1.807) is 47.4 Å². The fraction of sp³-hybridized carbons (Fsp3) is 0.111. The van der Waals surface area contributed by atoms with Gasteiger partial charge in [-0.2, -0.15) is 5.10 Å². The summed E-state index contributed by atoms with van der Waals surface area (Å²) in [6.07, 6.45) is 4.45. The van der Waals surface area contributed by atoms with Gasteiger partial charge in [-0.05, 0) is 55.0 Å². The molecule has 0 saturated heterocycles. The Morgan fingerprint density at radius 2 is 1.79 bits per heavy atom. The zero-order valence-electron chi connectivity index (χ0n) is 20.4. The summed E-state index contributed by atoms with van der Waals surface area (Å²) in [5, 5.41) is 7.91. The van der Waals surface area contributed by atoms with E-state index in [2.05, 4.69) is 20.4 Å². The van der Waals surface area contributed by atoms with E-state index in [1.165, 1.54) is 17.6 Å². The van der Waals surface area contributed by atoms with Gasteiger partial charge in [-0.3, -0.25) is 14.8 Å². The number of amides is 1. The zero-order chi connectivity index (χ0) is 26.9. The third kappa shape index (κ3) is 5.52. The van der Waals surface area contributed by atoms with Gasteiger partial charge in [-0.15, -0.1) is 11.3 Å². The normalized spacial score (nSPS) is 11.4. The summed E-state index contributed by atoms with van der Waals surface area (Å²) in [4.78, 5) is 23.5. The van der Waals surface area contributed by atoms with Gasteiger partial charge in [0.2, 0.25) is 0 Å². The summed E-state index contributed by atoms with van der Waals surface area (Å²) >= 11 is 7.95. The van der Waals surface area contributed by atoms with Gasteiger partial charge >= 0.3 is 0 Å². The van der Waals surface area contributed by atoms with Gasteiger partial charge in [0.1, 0.15) is 0 Å². The number of hydrogen-bond donors (Lipinski definition) is 1. The first kappa shape index (κ1) is 25.8. The van der Waals surface area contributed by atoms with Crippen LogP contribution in [0.25, 0.3) is 26.7 Å². The largest absolute Gasteiger partial charge is 0.345 e. The Balaban J connectivity index is 1.51. The highest BCUT2D eigenvalue weighted by Gasteiger charge is 2.20. The number of carbonyl (C=O) groups is 1. The van der Waals surface area contributed by atoms with E-state index in [1.807, 2.05) is 43.3 Å². The average molecular weight is 564 g/mol. The zero-order valence-corrected chi connectivity index (χ0v) is 22.8. The second-order valence-corrected chi connectivity index (χ2v) is 12.1. The molecule has 2 aromatic carbocycles. The van der Waals surface area contributed by atoms with Gasteiger partial charge in [0.05, 0.1) is 50.3 Å². The van der Waals surface area contributed by atoms with Crippen molar-refractivity contribution < 1.29 is 13.2 Å². The molecule has 192 valence electrons. The second kappa shape index (κ2) is 10.5. The number of para-hydroxylation sites is 1. The Kier molecular flexibility index (Phi) is 7.11. The number of hydrogen-bond acceptors (Lipinski definition) is 7. The summed E-state index contributed by atoms with van der Waals surface area (Å²) in [5.41, 5.74) is 3.73. The average Bonchev–Trinajstić information content (AvgIpc) is 3.56. The molecule has 0 aliphatic carbocycles. The molecular formula is C27H22ClN5O3S2. The van der Waals surface area contributed by atoms with Crippen molar-refractivity contribution in [1.29, 1.82) is 0 Å². The van der Waals surface area contributed by atoms with Crippen LogP contribution in [0.4, 0.5) is 0 Å². The number of benzene rings is 2. The van der Waals surface area contributed by atoms with Crippen LogP contribution >= 0.6 is 22.9 Å². The molecule has 0 radical (unpaired) electrons. The monoisotopic (exact) mass is 563 g/mol. The van der Waals surface area contributed by atoms with Crippen molar-refractivity contribution in [2.24, 2.45) is 0 Å². The lowest BCUT2D eigenvalue weighted by Gasteiger charge is -2.08. The standard InChI is InChI=1S/C27H22ClN5O3S2/c1-17-14-30-19(15-29-17)16-31-27(34)22-13-24(33(32-22)23-9-4-3-8-21(23)28)26-11-10-25(37-26)18-6-5-7-20(12-18)38(2,35)36/h3-15H,16H2,1-2H3,(H,31,34). The Bertz CT molecular complexity index is 1740. The van der Waals surface area contributed by atoms with Crippen LogP contribution < -0.4 is 5.32 Å². The van der Waals surface area contributed by atoms with Crippen molar-refractivity contribution in [3.63, 3.8) is 0 Å². The van der Waals surface area contributed by atoms with Crippen LogP contribution in [0.1, 0.15) is 21.9 Å². The molecule has 0 aliphatic heterocycles. The Morgan fingerprint density at radius 3 is 2.53 bits per heavy atom. The Labute approximate surface area is 228 Å². The van der Waals surface area contributed by atoms with E-state index in [4.69, 9.17) is 11.6 Å². The predicted molar refractivity (Wildman–Crippen MR) is 148 cm³/mol. The summed E-state index contributed by atoms with van der Waals surface area (Å²) in [7, 11) is -3.34. The number of halogens is 1. The Morgan fingerprint density at radius 1 is 1.00 bits per heavy atom. The molecule has 5 aromatic rings. The summed E-state index contributed by atoms with van der Waals surface area (Å²) in [5.74, 6) is -0.364. The SMILES string of the molecule is Cc1cnc(CNC(=O)c2cc(-c3ccc(-c4cccc(S(C)(=O)=O)c4)s3)n(-c3ccccc3Cl)n2)cn1. The minimum atomic E-state index is -3.34. The molecule has 0 saturated carbocycles. The number of aromatic nitrogens is 4. The molecule has 0 unspecified atom stereocenters. The molecule has 3 heterocycles. The van der Waals surface area contributed by atoms with Crippen molar-refractivity contribution in [3.05, 3.63) is 101 Å². The minimum absolute atomic E-state index is 0.209. The van der Waals surface area contributed by atoms with Gasteiger partial charge in [0.25, 0.3) is 5.91 Å². The number of aryl methyl sites for hydroxylation is 1. The van der Waals surface area contributed by atoms with E-state index in [0.29, 0.717) is 22.1 Å². The van der Waals surface area contributed by atoms with E-state index >= 15 is 0 Å². The van der Waals surface area contributed by atoms with Crippen molar-refractivity contribution >= 4 is 38.7 Å². The molecule has 5 rings (SSSR count). The van der Waals surface area contributed by atoms with Crippen LogP contribution in [0.2, 0.25) is 5.02 Å². The van der Waals surface area contributed by atoms with Gasteiger partial charge < -0.3 is 5.32 Å². The van der Waals surface area contributed by atoms with Gasteiger partial charge in [0.15, 0.2) is 15.5 Å². The van der Waals surface area contributed by atoms with Gasteiger partial charge in [-0.1, -0.05) is 35.9 Å². The van der Waals surface area contributed by atoms with E-state index in [-0.39, 0.29) is 23.0 Å². The fourth-order valence-corrected chi connectivity index (χ4v) is 5.64. The molecule has 1 N–H and O–H groups in total. The quantitative estimate of drug-likeness (QED) is 0.286. The molecule has 3 aromatic heterocycles. The van der Waals surface area contributed by atoms with Crippen LogP contribution in [0, 0.1) is 6.92 Å². The molecule has 1 amide bonds. The number of rotatable bonds is 7. The lowest BCUT2D eigenvalue weighted by atomic mass is 10.2. The molecule has 0 bridgehead atoms. The van der Waals surface area contributed by atoms with E-state index < -0.39 is 9.84 Å². The number of thiophene rings is 1. The topological polar surface area (TPSA) is 107 Å². The molecule has 0 aliphatic rings. The lowest BCUT2D eigenvalue weighted by Crippen LogP contribution is -2.24. The molecule has 0 atom stereocenters. The number of sulfone groups is 1. The van der Waals surface area contributed by atoms with Crippen LogP contribution in [-0.4, -0.2) is 40.3 Å². The van der Waals surface area contributed by atoms with Gasteiger partial charge in [-0.25, -0.2) is 13.1 Å². The number of carbonyl (C=O) groups excluding carboxylic acids is 1. The van der Waals surface area contributed by atoms with Gasteiger partial charge in [0, 0.05) is 17.3 Å². The van der Waals surface area contributed by atoms with Crippen molar-refractivity contribution in [1.82, 2.24) is 25.1 Å². The first-order valence-corrected chi connectivity index (χ1v) is 14.6. The third-order valence-electron chi connectivity index (χ3n) is 5.69. The van der Waals surface area contributed by atoms with Crippen molar-refractivity contribution in [2.75, 3.05) is 6.26 Å². The van der Waals surface area contributed by atoms with Crippen LogP contribution in [0.5, 0.6) is 0 Å². The maximum Gasteiger partial charge on any atom is 0.272 e. The third-order valence-corrected chi connectivity index (χ3v) is 8.28. The molecule has 11 heteroatoms.